The second-order valence-electron chi connectivity index (χ2n) is 6.06. The number of carbonyl (C=O) groups is 1. The molecule has 5 heteroatoms. The molecule has 4 nitrogen and oxygen atoms in total. The molecule has 0 radical (unpaired) electrons. The van der Waals surface area contributed by atoms with Crippen LogP contribution in [0, 0.1) is 26.6 Å². The minimum atomic E-state index is -0.539. The van der Waals surface area contributed by atoms with E-state index in [2.05, 4.69) is 29.5 Å². The number of rotatable bonds is 4. The van der Waals surface area contributed by atoms with Gasteiger partial charge in [-0.15, -0.1) is 0 Å². The maximum Gasteiger partial charge on any atom is 0.258 e. The lowest BCUT2D eigenvalue weighted by molar-refractivity contribution is 0.102. The molecule has 0 saturated heterocycles. The summed E-state index contributed by atoms with van der Waals surface area (Å²) in [6, 6.07) is 14.0. The SMILES string of the molecule is Cc1ccccc1Cn1nc(C)c(NC(=O)c2ccccc2F)c1C. The van der Waals surface area contributed by atoms with Crippen molar-refractivity contribution in [2.24, 2.45) is 0 Å². The van der Waals surface area contributed by atoms with E-state index in [-0.39, 0.29) is 5.56 Å². The van der Waals surface area contributed by atoms with Crippen molar-refractivity contribution in [3.8, 4) is 0 Å². The maximum absolute atomic E-state index is 13.8. The van der Waals surface area contributed by atoms with Crippen molar-refractivity contribution in [3.05, 3.63) is 82.4 Å². The van der Waals surface area contributed by atoms with E-state index in [0.717, 1.165) is 5.69 Å². The molecule has 25 heavy (non-hydrogen) atoms. The molecule has 1 N–H and O–H groups in total. The van der Waals surface area contributed by atoms with Crippen LogP contribution in [-0.2, 0) is 6.54 Å². The Morgan fingerprint density at radius 1 is 1.08 bits per heavy atom. The smallest absolute Gasteiger partial charge is 0.258 e. The number of aryl methyl sites for hydroxylation is 2. The van der Waals surface area contributed by atoms with E-state index in [4.69, 9.17) is 0 Å². The van der Waals surface area contributed by atoms with Crippen LogP contribution in [0.15, 0.2) is 48.5 Å². The van der Waals surface area contributed by atoms with Crippen LogP contribution in [0.25, 0.3) is 0 Å². The van der Waals surface area contributed by atoms with E-state index >= 15 is 0 Å². The van der Waals surface area contributed by atoms with Gasteiger partial charge in [0.2, 0.25) is 0 Å². The minimum absolute atomic E-state index is 0.0213. The average molecular weight is 337 g/mol. The van der Waals surface area contributed by atoms with Crippen LogP contribution in [0.4, 0.5) is 10.1 Å². The monoisotopic (exact) mass is 337 g/mol. The van der Waals surface area contributed by atoms with Gasteiger partial charge in [0.05, 0.1) is 29.2 Å². The Kier molecular flexibility index (Phi) is 4.65. The summed E-state index contributed by atoms with van der Waals surface area (Å²) in [5.74, 6) is -1.01. The number of anilines is 1. The second kappa shape index (κ2) is 6.89. The van der Waals surface area contributed by atoms with Crippen LogP contribution in [0.5, 0.6) is 0 Å². The van der Waals surface area contributed by atoms with Gasteiger partial charge < -0.3 is 5.32 Å². The third-order valence-electron chi connectivity index (χ3n) is 4.32. The lowest BCUT2D eigenvalue weighted by atomic mass is 10.1. The topological polar surface area (TPSA) is 46.9 Å². The van der Waals surface area contributed by atoms with Crippen LogP contribution in [0.1, 0.15) is 32.9 Å². The average Bonchev–Trinajstić information content (AvgIpc) is 2.85. The molecule has 3 rings (SSSR count). The molecule has 0 aliphatic rings. The predicted octanol–water partition coefficient (Wildman–Crippen LogP) is 4.25. The summed E-state index contributed by atoms with van der Waals surface area (Å²) < 4.78 is 15.7. The van der Waals surface area contributed by atoms with Crippen molar-refractivity contribution >= 4 is 11.6 Å². The Morgan fingerprint density at radius 2 is 1.76 bits per heavy atom. The molecule has 0 saturated carbocycles. The molecular weight excluding hydrogens is 317 g/mol. The molecule has 0 aliphatic carbocycles. The Bertz CT molecular complexity index is 930. The zero-order valence-corrected chi connectivity index (χ0v) is 14.5. The number of amides is 1. The van der Waals surface area contributed by atoms with E-state index in [1.807, 2.05) is 30.7 Å². The van der Waals surface area contributed by atoms with E-state index in [0.29, 0.717) is 17.9 Å². The molecule has 128 valence electrons. The number of aromatic nitrogens is 2. The van der Waals surface area contributed by atoms with Gasteiger partial charge in [-0.3, -0.25) is 9.48 Å². The summed E-state index contributed by atoms with van der Waals surface area (Å²) in [5, 5.41) is 7.32. The summed E-state index contributed by atoms with van der Waals surface area (Å²) in [6.07, 6.45) is 0. The third-order valence-corrected chi connectivity index (χ3v) is 4.32. The number of nitrogens with one attached hydrogen (secondary N) is 1. The van der Waals surface area contributed by atoms with Gasteiger partial charge in [0, 0.05) is 0 Å². The van der Waals surface area contributed by atoms with Crippen molar-refractivity contribution in [1.29, 1.82) is 0 Å². The van der Waals surface area contributed by atoms with Crippen LogP contribution in [0.3, 0.4) is 0 Å². The van der Waals surface area contributed by atoms with Gasteiger partial charge in [0.15, 0.2) is 0 Å². The molecule has 0 atom stereocenters. The molecule has 0 fully saturated rings. The molecule has 0 unspecified atom stereocenters. The molecule has 3 aromatic rings. The Hall–Kier alpha value is -2.95. The van der Waals surface area contributed by atoms with Gasteiger partial charge in [-0.1, -0.05) is 36.4 Å². The normalized spacial score (nSPS) is 10.7. The standard InChI is InChI=1S/C20H20FN3O/c1-13-8-4-5-9-16(13)12-24-15(3)19(14(2)23-24)22-20(25)17-10-6-7-11-18(17)21/h4-11H,12H2,1-3H3,(H,22,25). The number of hydrogen-bond donors (Lipinski definition) is 1. The molecule has 0 spiro atoms. The summed E-state index contributed by atoms with van der Waals surface area (Å²) in [7, 11) is 0. The Labute approximate surface area is 146 Å². The zero-order chi connectivity index (χ0) is 18.0. The number of benzene rings is 2. The van der Waals surface area contributed by atoms with Crippen molar-refractivity contribution in [2.45, 2.75) is 27.3 Å². The van der Waals surface area contributed by atoms with Crippen LogP contribution in [0.2, 0.25) is 0 Å². The fourth-order valence-corrected chi connectivity index (χ4v) is 2.81. The lowest BCUT2D eigenvalue weighted by Gasteiger charge is -2.09. The first-order valence-corrected chi connectivity index (χ1v) is 8.11. The highest BCUT2D eigenvalue weighted by molar-refractivity contribution is 6.05. The van der Waals surface area contributed by atoms with Crippen LogP contribution >= 0.6 is 0 Å². The summed E-state index contributed by atoms with van der Waals surface area (Å²) in [5.41, 5.74) is 4.54. The number of halogens is 1. The highest BCUT2D eigenvalue weighted by Crippen LogP contribution is 2.22. The largest absolute Gasteiger partial charge is 0.319 e. The highest BCUT2D eigenvalue weighted by Gasteiger charge is 2.17. The summed E-state index contributed by atoms with van der Waals surface area (Å²) >= 11 is 0. The zero-order valence-electron chi connectivity index (χ0n) is 14.5. The number of hydrogen-bond acceptors (Lipinski definition) is 2. The van der Waals surface area contributed by atoms with E-state index in [1.54, 1.807) is 12.1 Å². The molecule has 1 amide bonds. The van der Waals surface area contributed by atoms with Gasteiger partial charge in [-0.05, 0) is 44.0 Å². The van der Waals surface area contributed by atoms with Crippen LogP contribution < -0.4 is 5.32 Å². The van der Waals surface area contributed by atoms with E-state index < -0.39 is 11.7 Å². The molecule has 1 aromatic heterocycles. The first-order valence-electron chi connectivity index (χ1n) is 8.11. The summed E-state index contributed by atoms with van der Waals surface area (Å²) in [6.45, 7) is 6.41. The Morgan fingerprint density at radius 3 is 2.48 bits per heavy atom. The van der Waals surface area contributed by atoms with Crippen molar-refractivity contribution in [1.82, 2.24) is 9.78 Å². The lowest BCUT2D eigenvalue weighted by Crippen LogP contribution is -2.15. The fraction of sp³-hybridized carbons (Fsp3) is 0.200. The predicted molar refractivity (Wildman–Crippen MR) is 96.3 cm³/mol. The van der Waals surface area contributed by atoms with Gasteiger partial charge in [0.1, 0.15) is 5.82 Å². The maximum atomic E-state index is 13.8. The van der Waals surface area contributed by atoms with Crippen molar-refractivity contribution in [2.75, 3.05) is 5.32 Å². The highest BCUT2D eigenvalue weighted by atomic mass is 19.1. The third kappa shape index (κ3) is 3.45. The van der Waals surface area contributed by atoms with E-state index in [9.17, 15) is 9.18 Å². The first-order chi connectivity index (χ1) is 12.0. The van der Waals surface area contributed by atoms with E-state index in [1.165, 1.54) is 23.3 Å². The first kappa shape index (κ1) is 16.9. The molecule has 2 aromatic carbocycles. The van der Waals surface area contributed by atoms with Crippen molar-refractivity contribution in [3.63, 3.8) is 0 Å². The molecule has 0 aliphatic heterocycles. The van der Waals surface area contributed by atoms with Gasteiger partial charge >= 0.3 is 0 Å². The number of nitrogens with zero attached hydrogens (tertiary/aromatic N) is 2. The van der Waals surface area contributed by atoms with Crippen molar-refractivity contribution < 1.29 is 9.18 Å². The number of carbonyl (C=O) groups excluding carboxylic acids is 1. The summed E-state index contributed by atoms with van der Waals surface area (Å²) in [4.78, 5) is 12.4. The molecule has 1 heterocycles. The van der Waals surface area contributed by atoms with Crippen LogP contribution in [-0.4, -0.2) is 15.7 Å². The van der Waals surface area contributed by atoms with Gasteiger partial charge in [0.25, 0.3) is 5.91 Å². The van der Waals surface area contributed by atoms with Gasteiger partial charge in [-0.2, -0.15) is 5.10 Å². The quantitative estimate of drug-likeness (QED) is 0.774. The Balaban J connectivity index is 1.86. The molecule has 0 bridgehead atoms. The molecular formula is C20H20FN3O. The minimum Gasteiger partial charge on any atom is -0.319 e. The van der Waals surface area contributed by atoms with Gasteiger partial charge in [-0.25, -0.2) is 4.39 Å². The second-order valence-corrected chi connectivity index (χ2v) is 6.06. The fourth-order valence-electron chi connectivity index (χ4n) is 2.81.